The van der Waals surface area contributed by atoms with E-state index < -0.39 is 0 Å². The van der Waals surface area contributed by atoms with Crippen molar-refractivity contribution in [3.8, 4) is 0 Å². The summed E-state index contributed by atoms with van der Waals surface area (Å²) in [7, 11) is 0. The molecule has 1 aromatic heterocycles. The summed E-state index contributed by atoms with van der Waals surface area (Å²) >= 11 is 0. The maximum Gasteiger partial charge on any atom is 0.339 e. The van der Waals surface area contributed by atoms with Crippen molar-refractivity contribution in [3.63, 3.8) is 0 Å². The third kappa shape index (κ3) is 3.36. The van der Waals surface area contributed by atoms with Gasteiger partial charge in [-0.1, -0.05) is 42.4 Å². The first-order chi connectivity index (χ1) is 11.2. The molecule has 0 unspecified atom stereocenters. The molecule has 0 radical (unpaired) electrons. The zero-order chi connectivity index (χ0) is 16.2. The summed E-state index contributed by atoms with van der Waals surface area (Å²) in [5.41, 5.74) is 6.72. The minimum Gasteiger partial charge on any atom is -0.362 e. The lowest BCUT2D eigenvalue weighted by atomic mass is 9.92. The lowest BCUT2D eigenvalue weighted by Crippen LogP contribution is -2.14. The quantitative estimate of drug-likeness (QED) is 0.691. The Balaban J connectivity index is 1.75. The zero-order valence-corrected chi connectivity index (χ0v) is 13.7. The van der Waals surface area contributed by atoms with E-state index in [0.717, 1.165) is 37.0 Å². The Morgan fingerprint density at radius 2 is 2.04 bits per heavy atom. The number of hydrogen-bond donors (Lipinski definition) is 1. The second kappa shape index (κ2) is 6.82. The number of nitrogens with zero attached hydrogens (tertiary/aromatic N) is 1. The van der Waals surface area contributed by atoms with Gasteiger partial charge in [0.2, 0.25) is 0 Å². The van der Waals surface area contributed by atoms with Crippen LogP contribution in [0, 0.1) is 6.92 Å². The number of aromatic nitrogens is 1. The van der Waals surface area contributed by atoms with Crippen LogP contribution >= 0.6 is 0 Å². The number of oxime groups is 1. The van der Waals surface area contributed by atoms with Crippen molar-refractivity contribution in [3.05, 3.63) is 58.4 Å². The highest BCUT2D eigenvalue weighted by atomic mass is 16.7. The van der Waals surface area contributed by atoms with E-state index >= 15 is 0 Å². The van der Waals surface area contributed by atoms with Gasteiger partial charge in [0, 0.05) is 17.0 Å². The molecule has 1 aliphatic rings. The molecule has 1 heterocycles. The summed E-state index contributed by atoms with van der Waals surface area (Å²) in [5.74, 6) is -0.318. The fourth-order valence-corrected chi connectivity index (χ4v) is 3.26. The van der Waals surface area contributed by atoms with Crippen LogP contribution in [0.1, 0.15) is 47.8 Å². The van der Waals surface area contributed by atoms with Gasteiger partial charge in [0.05, 0.1) is 12.1 Å². The molecule has 0 spiro atoms. The molecule has 0 amide bonds. The van der Waals surface area contributed by atoms with E-state index in [1.807, 2.05) is 30.3 Å². The van der Waals surface area contributed by atoms with Crippen LogP contribution in [0.3, 0.4) is 0 Å². The van der Waals surface area contributed by atoms with Crippen LogP contribution in [0.5, 0.6) is 0 Å². The summed E-state index contributed by atoms with van der Waals surface area (Å²) in [5, 5.41) is 4.19. The van der Waals surface area contributed by atoms with Crippen molar-refractivity contribution in [1.29, 1.82) is 0 Å². The second-order valence-corrected chi connectivity index (χ2v) is 5.95. The minimum atomic E-state index is -0.318. The van der Waals surface area contributed by atoms with Gasteiger partial charge in [-0.15, -0.1) is 0 Å². The first-order valence-corrected chi connectivity index (χ1v) is 8.20. The molecule has 0 fully saturated rings. The third-order valence-corrected chi connectivity index (χ3v) is 4.33. The van der Waals surface area contributed by atoms with Gasteiger partial charge in [-0.2, -0.15) is 0 Å². The van der Waals surface area contributed by atoms with Crippen LogP contribution < -0.4 is 0 Å². The van der Waals surface area contributed by atoms with Crippen LogP contribution in [0.25, 0.3) is 0 Å². The second-order valence-electron chi connectivity index (χ2n) is 5.95. The van der Waals surface area contributed by atoms with E-state index in [2.05, 4.69) is 24.0 Å². The van der Waals surface area contributed by atoms with Crippen molar-refractivity contribution < 1.29 is 9.63 Å². The monoisotopic (exact) mass is 310 g/mol. The van der Waals surface area contributed by atoms with E-state index in [1.54, 1.807) is 0 Å². The molecule has 120 valence electrons. The van der Waals surface area contributed by atoms with E-state index in [9.17, 15) is 4.79 Å². The van der Waals surface area contributed by atoms with Crippen LogP contribution in [-0.2, 0) is 28.9 Å². The lowest BCUT2D eigenvalue weighted by molar-refractivity contribution is -0.142. The largest absolute Gasteiger partial charge is 0.362 e. The van der Waals surface area contributed by atoms with Crippen molar-refractivity contribution >= 4 is 11.7 Å². The summed E-state index contributed by atoms with van der Waals surface area (Å²) in [6, 6.07) is 9.59. The first-order valence-electron chi connectivity index (χ1n) is 8.20. The number of aromatic amines is 1. The molecule has 23 heavy (non-hydrogen) atoms. The Morgan fingerprint density at radius 1 is 1.26 bits per heavy atom. The molecule has 1 aliphatic carbocycles. The van der Waals surface area contributed by atoms with Crippen LogP contribution in [0.4, 0.5) is 0 Å². The summed E-state index contributed by atoms with van der Waals surface area (Å²) in [6.45, 7) is 4.24. The Morgan fingerprint density at radius 3 is 2.78 bits per heavy atom. The number of hydrogen-bond acceptors (Lipinski definition) is 3. The van der Waals surface area contributed by atoms with Crippen LogP contribution in [0.15, 0.2) is 35.5 Å². The van der Waals surface area contributed by atoms with Crippen molar-refractivity contribution in [2.24, 2.45) is 5.16 Å². The maximum atomic E-state index is 12.0. The topological polar surface area (TPSA) is 54.4 Å². The molecular weight excluding hydrogens is 288 g/mol. The Hall–Kier alpha value is -2.36. The summed E-state index contributed by atoms with van der Waals surface area (Å²) in [4.78, 5) is 20.6. The van der Waals surface area contributed by atoms with Gasteiger partial charge in [-0.3, -0.25) is 0 Å². The molecule has 4 heteroatoms. The number of nitrogens with one attached hydrogen (secondary N) is 1. The SMILES string of the molecule is CCc1c(C)[nH]c2c1C(=NOC(=O)Cc1ccccc1)CCC2. The van der Waals surface area contributed by atoms with Crippen molar-refractivity contribution in [1.82, 2.24) is 4.98 Å². The molecule has 4 nitrogen and oxygen atoms in total. The lowest BCUT2D eigenvalue weighted by Gasteiger charge is -2.14. The average Bonchev–Trinajstić information content (AvgIpc) is 2.89. The van der Waals surface area contributed by atoms with Crippen molar-refractivity contribution in [2.45, 2.75) is 46.0 Å². The highest BCUT2D eigenvalue weighted by Gasteiger charge is 2.23. The minimum absolute atomic E-state index is 0.247. The van der Waals surface area contributed by atoms with E-state index in [0.29, 0.717) is 0 Å². The standard InChI is InChI=1S/C19H22N2O2/c1-3-15-13(2)20-16-10-7-11-17(19(15)16)21-23-18(22)12-14-8-5-4-6-9-14/h4-6,8-9,20H,3,7,10-12H2,1-2H3. The van der Waals surface area contributed by atoms with Gasteiger partial charge in [0.15, 0.2) is 0 Å². The highest BCUT2D eigenvalue weighted by molar-refractivity contribution is 6.04. The first kappa shape index (κ1) is 15.5. The van der Waals surface area contributed by atoms with E-state index in [1.165, 1.54) is 22.5 Å². The fraction of sp³-hybridized carbons (Fsp3) is 0.368. The number of carbonyl (C=O) groups excluding carboxylic acids is 1. The number of benzene rings is 1. The maximum absolute atomic E-state index is 12.0. The third-order valence-electron chi connectivity index (χ3n) is 4.33. The predicted molar refractivity (Wildman–Crippen MR) is 90.6 cm³/mol. The summed E-state index contributed by atoms with van der Waals surface area (Å²) < 4.78 is 0. The molecule has 1 aromatic carbocycles. The molecule has 1 N–H and O–H groups in total. The van der Waals surface area contributed by atoms with Crippen LogP contribution in [0.2, 0.25) is 0 Å². The van der Waals surface area contributed by atoms with Crippen LogP contribution in [-0.4, -0.2) is 16.7 Å². The van der Waals surface area contributed by atoms with Gasteiger partial charge >= 0.3 is 5.97 Å². The zero-order valence-electron chi connectivity index (χ0n) is 13.7. The highest BCUT2D eigenvalue weighted by Crippen LogP contribution is 2.27. The smallest absolute Gasteiger partial charge is 0.339 e. The molecule has 0 atom stereocenters. The van der Waals surface area contributed by atoms with E-state index in [-0.39, 0.29) is 12.4 Å². The molecule has 2 aromatic rings. The molecule has 0 bridgehead atoms. The van der Waals surface area contributed by atoms with Gasteiger partial charge in [0.25, 0.3) is 0 Å². The number of aryl methyl sites for hydroxylation is 2. The Labute approximate surface area is 136 Å². The number of rotatable bonds is 4. The summed E-state index contributed by atoms with van der Waals surface area (Å²) in [6.07, 6.45) is 4.13. The average molecular weight is 310 g/mol. The normalized spacial score (nSPS) is 15.5. The molecule has 3 rings (SSSR count). The molecular formula is C19H22N2O2. The molecule has 0 saturated heterocycles. The van der Waals surface area contributed by atoms with Gasteiger partial charge in [-0.05, 0) is 43.7 Å². The molecule has 0 saturated carbocycles. The van der Waals surface area contributed by atoms with Gasteiger partial charge < -0.3 is 9.82 Å². The van der Waals surface area contributed by atoms with Gasteiger partial charge in [-0.25, -0.2) is 4.79 Å². The predicted octanol–water partition coefficient (Wildman–Crippen LogP) is 3.71. The van der Waals surface area contributed by atoms with Gasteiger partial charge in [0.1, 0.15) is 0 Å². The van der Waals surface area contributed by atoms with Crippen molar-refractivity contribution in [2.75, 3.05) is 0 Å². The molecule has 0 aliphatic heterocycles. The Kier molecular flexibility index (Phi) is 4.60. The number of carbonyl (C=O) groups is 1. The van der Waals surface area contributed by atoms with E-state index in [4.69, 9.17) is 4.84 Å². The number of H-pyrrole nitrogens is 1. The fourth-order valence-electron chi connectivity index (χ4n) is 3.26. The number of fused-ring (bicyclic) bond motifs is 1. The Bertz CT molecular complexity index is 729.